The Labute approximate surface area is 154 Å². The van der Waals surface area contributed by atoms with Crippen molar-refractivity contribution in [2.75, 3.05) is 31.9 Å². The zero-order valence-corrected chi connectivity index (χ0v) is 16.0. The van der Waals surface area contributed by atoms with E-state index in [1.54, 1.807) is 11.2 Å². The Kier molecular flexibility index (Phi) is 5.93. The summed E-state index contributed by atoms with van der Waals surface area (Å²) in [7, 11) is -3.37. The first-order valence-electron chi connectivity index (χ1n) is 9.17. The lowest BCUT2D eigenvalue weighted by molar-refractivity contribution is -0.131. The van der Waals surface area contributed by atoms with E-state index in [9.17, 15) is 13.2 Å². The molecule has 8 heteroatoms. The van der Waals surface area contributed by atoms with Crippen LogP contribution in [0.5, 0.6) is 0 Å². The van der Waals surface area contributed by atoms with Gasteiger partial charge in [0.1, 0.15) is 0 Å². The second-order valence-electron chi connectivity index (χ2n) is 6.63. The fourth-order valence-corrected chi connectivity index (χ4v) is 4.78. The van der Waals surface area contributed by atoms with Gasteiger partial charge in [0.15, 0.2) is 0 Å². The number of imidazole rings is 1. The Morgan fingerprint density at radius 2 is 1.96 bits per heavy atom. The summed E-state index contributed by atoms with van der Waals surface area (Å²) in [6.07, 6.45) is 3.72. The number of carbonyl (C=O) groups excluding carboxylic acids is 1. The molecule has 0 bridgehead atoms. The summed E-state index contributed by atoms with van der Waals surface area (Å²) in [5, 5.41) is 0. The van der Waals surface area contributed by atoms with Crippen molar-refractivity contribution in [3.8, 4) is 0 Å². The molecule has 0 spiro atoms. The van der Waals surface area contributed by atoms with Crippen molar-refractivity contribution >= 4 is 27.0 Å². The van der Waals surface area contributed by atoms with Crippen LogP contribution in [0.25, 0.3) is 11.0 Å². The van der Waals surface area contributed by atoms with Crippen molar-refractivity contribution < 1.29 is 13.2 Å². The second-order valence-corrected chi connectivity index (χ2v) is 8.71. The van der Waals surface area contributed by atoms with Crippen LogP contribution >= 0.6 is 0 Å². The minimum atomic E-state index is -3.37. The van der Waals surface area contributed by atoms with Crippen molar-refractivity contribution in [3.05, 3.63) is 30.6 Å². The molecule has 0 unspecified atom stereocenters. The van der Waals surface area contributed by atoms with Gasteiger partial charge in [-0.1, -0.05) is 19.1 Å². The van der Waals surface area contributed by atoms with Gasteiger partial charge in [0.2, 0.25) is 15.9 Å². The number of fused-ring (bicyclic) bond motifs is 1. The van der Waals surface area contributed by atoms with Gasteiger partial charge in [-0.3, -0.25) is 4.79 Å². The molecule has 1 aromatic carbocycles. The highest BCUT2D eigenvalue weighted by atomic mass is 32.2. The van der Waals surface area contributed by atoms with E-state index in [1.807, 2.05) is 35.8 Å². The van der Waals surface area contributed by atoms with Crippen molar-refractivity contribution in [2.24, 2.45) is 0 Å². The SMILES string of the molecule is CCCC(=O)N1CCCN(S(=O)(=O)CCn2cnc3ccccc32)CC1. The van der Waals surface area contributed by atoms with Crippen LogP contribution in [0.4, 0.5) is 0 Å². The third-order valence-electron chi connectivity index (χ3n) is 4.78. The molecule has 1 fully saturated rings. The van der Waals surface area contributed by atoms with Crippen LogP contribution in [0.3, 0.4) is 0 Å². The lowest BCUT2D eigenvalue weighted by Crippen LogP contribution is -2.38. The Balaban J connectivity index is 1.62. The van der Waals surface area contributed by atoms with E-state index in [2.05, 4.69) is 4.98 Å². The summed E-state index contributed by atoms with van der Waals surface area (Å²) in [5.74, 6) is 0.160. The quantitative estimate of drug-likeness (QED) is 0.767. The van der Waals surface area contributed by atoms with Crippen molar-refractivity contribution in [3.63, 3.8) is 0 Å². The van der Waals surface area contributed by atoms with Gasteiger partial charge in [0, 0.05) is 39.1 Å². The molecule has 3 rings (SSSR count). The molecule has 26 heavy (non-hydrogen) atoms. The van der Waals surface area contributed by atoms with Crippen molar-refractivity contribution in [2.45, 2.75) is 32.7 Å². The van der Waals surface area contributed by atoms with E-state index in [0.717, 1.165) is 17.5 Å². The standard InChI is InChI=1S/C18H26N4O3S/c1-2-6-18(23)20-9-5-10-22(12-11-20)26(24,25)14-13-21-15-19-16-7-3-4-8-17(16)21/h3-4,7-8,15H,2,5-6,9-14H2,1H3. The van der Waals surface area contributed by atoms with E-state index in [4.69, 9.17) is 0 Å². The molecular weight excluding hydrogens is 352 g/mol. The van der Waals surface area contributed by atoms with Crippen LogP contribution in [-0.2, 0) is 21.4 Å². The molecule has 2 aromatic rings. The number of nitrogens with zero attached hydrogens (tertiary/aromatic N) is 4. The summed E-state index contributed by atoms with van der Waals surface area (Å²) >= 11 is 0. The Morgan fingerprint density at radius 3 is 2.77 bits per heavy atom. The van der Waals surface area contributed by atoms with E-state index in [1.165, 1.54) is 4.31 Å². The van der Waals surface area contributed by atoms with Crippen LogP contribution < -0.4 is 0 Å². The first-order valence-corrected chi connectivity index (χ1v) is 10.8. The van der Waals surface area contributed by atoms with Crippen LogP contribution in [0.1, 0.15) is 26.2 Å². The second kappa shape index (κ2) is 8.18. The number of hydrogen-bond donors (Lipinski definition) is 0. The normalized spacial score (nSPS) is 16.7. The maximum Gasteiger partial charge on any atom is 0.222 e. The highest BCUT2D eigenvalue weighted by Gasteiger charge is 2.26. The zero-order chi connectivity index (χ0) is 18.6. The molecule has 0 N–H and O–H groups in total. The van der Waals surface area contributed by atoms with Crippen LogP contribution in [0.15, 0.2) is 30.6 Å². The minimum Gasteiger partial charge on any atom is -0.341 e. The first-order chi connectivity index (χ1) is 12.5. The third kappa shape index (κ3) is 4.24. The molecule has 1 amide bonds. The molecule has 2 heterocycles. The molecule has 1 saturated heterocycles. The van der Waals surface area contributed by atoms with Gasteiger partial charge < -0.3 is 9.47 Å². The van der Waals surface area contributed by atoms with Crippen LogP contribution in [-0.4, -0.2) is 65.0 Å². The molecule has 0 radical (unpaired) electrons. The largest absolute Gasteiger partial charge is 0.341 e. The summed E-state index contributed by atoms with van der Waals surface area (Å²) in [5.41, 5.74) is 1.81. The molecule has 1 aliphatic heterocycles. The number of para-hydroxylation sites is 2. The maximum absolute atomic E-state index is 12.8. The van der Waals surface area contributed by atoms with Gasteiger partial charge in [-0.05, 0) is 25.0 Å². The van der Waals surface area contributed by atoms with E-state index in [-0.39, 0.29) is 11.7 Å². The fraction of sp³-hybridized carbons (Fsp3) is 0.556. The number of benzene rings is 1. The topological polar surface area (TPSA) is 75.5 Å². The predicted molar refractivity (Wildman–Crippen MR) is 101 cm³/mol. The fourth-order valence-electron chi connectivity index (χ4n) is 3.32. The molecule has 0 aliphatic carbocycles. The number of hydrogen-bond acceptors (Lipinski definition) is 4. The zero-order valence-electron chi connectivity index (χ0n) is 15.2. The van der Waals surface area contributed by atoms with E-state index in [0.29, 0.717) is 45.6 Å². The van der Waals surface area contributed by atoms with Gasteiger partial charge in [-0.2, -0.15) is 0 Å². The first kappa shape index (κ1) is 18.8. The van der Waals surface area contributed by atoms with Crippen LogP contribution in [0, 0.1) is 0 Å². The van der Waals surface area contributed by atoms with E-state index >= 15 is 0 Å². The Bertz CT molecular complexity index is 862. The van der Waals surface area contributed by atoms with Gasteiger partial charge in [0.25, 0.3) is 0 Å². The Morgan fingerprint density at radius 1 is 1.15 bits per heavy atom. The lowest BCUT2D eigenvalue weighted by atomic mass is 10.3. The molecule has 0 saturated carbocycles. The molecule has 1 aromatic heterocycles. The van der Waals surface area contributed by atoms with Gasteiger partial charge in [-0.25, -0.2) is 17.7 Å². The minimum absolute atomic E-state index is 0.0380. The number of rotatable bonds is 6. The highest BCUT2D eigenvalue weighted by molar-refractivity contribution is 7.89. The lowest BCUT2D eigenvalue weighted by Gasteiger charge is -2.22. The Hall–Kier alpha value is -1.93. The number of aryl methyl sites for hydroxylation is 1. The molecular formula is C18H26N4O3S. The highest BCUT2D eigenvalue weighted by Crippen LogP contribution is 2.14. The van der Waals surface area contributed by atoms with Gasteiger partial charge >= 0.3 is 0 Å². The van der Waals surface area contributed by atoms with Gasteiger partial charge in [0.05, 0.1) is 23.1 Å². The molecule has 0 atom stereocenters. The molecule has 7 nitrogen and oxygen atoms in total. The average molecular weight is 378 g/mol. The maximum atomic E-state index is 12.8. The third-order valence-corrected chi connectivity index (χ3v) is 6.63. The number of amides is 1. The molecule has 1 aliphatic rings. The summed E-state index contributed by atoms with van der Waals surface area (Å²) in [6.45, 7) is 4.32. The summed E-state index contributed by atoms with van der Waals surface area (Å²) < 4.78 is 28.9. The van der Waals surface area contributed by atoms with Gasteiger partial charge in [-0.15, -0.1) is 0 Å². The van der Waals surface area contributed by atoms with Crippen LogP contribution in [0.2, 0.25) is 0 Å². The number of carbonyl (C=O) groups is 1. The number of aromatic nitrogens is 2. The molecule has 142 valence electrons. The summed E-state index contributed by atoms with van der Waals surface area (Å²) in [6, 6.07) is 7.69. The summed E-state index contributed by atoms with van der Waals surface area (Å²) in [4.78, 5) is 18.2. The average Bonchev–Trinajstić information content (AvgIpc) is 2.86. The smallest absolute Gasteiger partial charge is 0.222 e. The van der Waals surface area contributed by atoms with Crippen molar-refractivity contribution in [1.29, 1.82) is 0 Å². The predicted octanol–water partition coefficient (Wildman–Crippen LogP) is 1.70. The van der Waals surface area contributed by atoms with E-state index < -0.39 is 10.0 Å². The van der Waals surface area contributed by atoms with Crippen molar-refractivity contribution in [1.82, 2.24) is 18.8 Å². The monoisotopic (exact) mass is 378 g/mol. The number of sulfonamides is 1.